The number of nitrogens with zero attached hydrogens (tertiary/aromatic N) is 1. The Hall–Kier alpha value is -2.81. The molecule has 0 spiro atoms. The number of carboxylic acids is 1. The van der Waals surface area contributed by atoms with E-state index in [1.807, 2.05) is 18.2 Å². The predicted octanol–water partition coefficient (Wildman–Crippen LogP) is 2.61. The van der Waals surface area contributed by atoms with E-state index in [0.717, 1.165) is 44.3 Å². The number of aryl methyl sites for hydroxylation is 1. The average molecular weight is 504 g/mol. The fraction of sp³-hybridized carbons (Fsp3) is 0.667. The molecule has 0 aliphatic carbocycles. The Labute approximate surface area is 213 Å². The van der Waals surface area contributed by atoms with Crippen LogP contribution >= 0.6 is 0 Å². The monoisotopic (exact) mass is 503 g/mol. The summed E-state index contributed by atoms with van der Waals surface area (Å²) in [6.45, 7) is 3.07. The molecule has 0 aromatic heterocycles. The summed E-state index contributed by atoms with van der Waals surface area (Å²) in [6, 6.07) is 4.68. The maximum Gasteiger partial charge on any atom is 0.326 e. The lowest BCUT2D eigenvalue weighted by molar-refractivity contribution is -0.144. The van der Waals surface area contributed by atoms with Crippen molar-refractivity contribution in [3.05, 3.63) is 23.8 Å². The van der Waals surface area contributed by atoms with Crippen molar-refractivity contribution in [2.75, 3.05) is 40.4 Å². The average Bonchev–Trinajstić information content (AvgIpc) is 2.91. The van der Waals surface area contributed by atoms with E-state index in [0.29, 0.717) is 62.6 Å². The fourth-order valence-electron chi connectivity index (χ4n) is 5.17. The maximum absolute atomic E-state index is 12.9. The lowest BCUT2D eigenvalue weighted by Gasteiger charge is -2.33. The summed E-state index contributed by atoms with van der Waals surface area (Å²) < 4.78 is 10.6. The maximum atomic E-state index is 12.9. The Balaban J connectivity index is 1.46. The third-order valence-electron chi connectivity index (χ3n) is 7.39. The second-order valence-corrected chi connectivity index (χ2v) is 9.89. The van der Waals surface area contributed by atoms with Gasteiger partial charge < -0.3 is 30.1 Å². The van der Waals surface area contributed by atoms with Gasteiger partial charge in [0.1, 0.15) is 6.04 Å². The van der Waals surface area contributed by atoms with Crippen LogP contribution in [0.2, 0.25) is 0 Å². The molecule has 2 aliphatic heterocycles. The van der Waals surface area contributed by atoms with Gasteiger partial charge in [-0.25, -0.2) is 4.79 Å². The van der Waals surface area contributed by atoms with Gasteiger partial charge in [-0.15, -0.1) is 0 Å². The number of hydrogen-bond donors (Lipinski definition) is 3. The first-order chi connectivity index (χ1) is 17.4. The lowest BCUT2D eigenvalue weighted by atomic mass is 9.92. The van der Waals surface area contributed by atoms with Crippen molar-refractivity contribution in [1.29, 1.82) is 0 Å². The van der Waals surface area contributed by atoms with Crippen molar-refractivity contribution in [2.24, 2.45) is 11.8 Å². The molecule has 0 saturated carbocycles. The highest BCUT2D eigenvalue weighted by molar-refractivity contribution is 5.86. The first-order valence-electron chi connectivity index (χ1n) is 13.1. The summed E-state index contributed by atoms with van der Waals surface area (Å²) >= 11 is 0. The molecule has 2 saturated heterocycles. The van der Waals surface area contributed by atoms with Crippen molar-refractivity contribution in [1.82, 2.24) is 15.5 Å². The van der Waals surface area contributed by atoms with E-state index in [4.69, 9.17) is 9.47 Å². The van der Waals surface area contributed by atoms with Gasteiger partial charge in [-0.3, -0.25) is 9.59 Å². The molecule has 0 bridgehead atoms. The second kappa shape index (κ2) is 14.1. The molecular weight excluding hydrogens is 462 g/mol. The van der Waals surface area contributed by atoms with Gasteiger partial charge in [0.15, 0.2) is 11.5 Å². The summed E-state index contributed by atoms with van der Waals surface area (Å²) in [5, 5.41) is 15.8. The molecule has 2 amide bonds. The number of carbonyl (C=O) groups is 3. The van der Waals surface area contributed by atoms with Crippen molar-refractivity contribution in [3.63, 3.8) is 0 Å². The number of methoxy groups -OCH3 is 2. The molecule has 0 radical (unpaired) electrons. The summed E-state index contributed by atoms with van der Waals surface area (Å²) in [7, 11) is 3.15. The highest BCUT2D eigenvalue weighted by atomic mass is 16.5. The summed E-state index contributed by atoms with van der Waals surface area (Å²) in [4.78, 5) is 39.3. The highest BCUT2D eigenvalue weighted by Crippen LogP contribution is 2.28. The van der Waals surface area contributed by atoms with Crippen LogP contribution in [0, 0.1) is 11.8 Å². The van der Waals surface area contributed by atoms with Crippen LogP contribution in [0.3, 0.4) is 0 Å². The van der Waals surface area contributed by atoms with Gasteiger partial charge >= 0.3 is 5.97 Å². The molecule has 9 nitrogen and oxygen atoms in total. The number of hydrogen-bond acceptors (Lipinski definition) is 6. The molecule has 0 unspecified atom stereocenters. The number of carbonyl (C=O) groups excluding carboxylic acids is 2. The molecule has 1 aromatic carbocycles. The quantitative estimate of drug-likeness (QED) is 0.401. The van der Waals surface area contributed by atoms with Crippen LogP contribution in [0.4, 0.5) is 0 Å². The molecule has 3 rings (SSSR count). The topological polar surface area (TPSA) is 117 Å². The van der Waals surface area contributed by atoms with Crippen LogP contribution in [0.5, 0.6) is 11.5 Å². The number of aliphatic carboxylic acids is 1. The standard InChI is InChI=1S/C27H41N3O6/c1-35-23-10-8-20(17-24(23)36-2)5-3-7-22(27(33)34)29-26(32)21-6-4-16-30(18-21)25(31)11-9-19-12-14-28-15-13-19/h8,10,17,19,21-22,28H,3-7,9,11-16,18H2,1-2H3,(H,29,32)(H,33,34)/t21-,22+/m1/s1. The number of piperidine rings is 2. The molecular formula is C27H41N3O6. The summed E-state index contributed by atoms with van der Waals surface area (Å²) in [6.07, 6.45) is 6.64. The minimum absolute atomic E-state index is 0.107. The normalized spacial score (nSPS) is 19.4. The lowest BCUT2D eigenvalue weighted by Crippen LogP contribution is -2.49. The number of rotatable bonds is 12. The third-order valence-corrected chi connectivity index (χ3v) is 7.39. The van der Waals surface area contributed by atoms with Crippen LogP contribution in [-0.2, 0) is 20.8 Å². The molecule has 2 aliphatic rings. The van der Waals surface area contributed by atoms with E-state index in [9.17, 15) is 19.5 Å². The van der Waals surface area contributed by atoms with Crippen molar-refractivity contribution in [2.45, 2.75) is 63.8 Å². The van der Waals surface area contributed by atoms with E-state index >= 15 is 0 Å². The van der Waals surface area contributed by atoms with Crippen LogP contribution in [0.25, 0.3) is 0 Å². The minimum atomic E-state index is -1.04. The van der Waals surface area contributed by atoms with Crippen LogP contribution < -0.4 is 20.1 Å². The largest absolute Gasteiger partial charge is 0.493 e. The molecule has 9 heteroatoms. The predicted molar refractivity (Wildman–Crippen MR) is 136 cm³/mol. The minimum Gasteiger partial charge on any atom is -0.493 e. The smallest absolute Gasteiger partial charge is 0.326 e. The van der Waals surface area contributed by atoms with Gasteiger partial charge in [0.25, 0.3) is 0 Å². The Kier molecular flexibility index (Phi) is 10.8. The fourth-order valence-corrected chi connectivity index (χ4v) is 5.17. The number of benzene rings is 1. The molecule has 2 atom stereocenters. The zero-order chi connectivity index (χ0) is 25.9. The van der Waals surface area contributed by atoms with E-state index in [1.54, 1.807) is 19.1 Å². The Bertz CT molecular complexity index is 886. The number of ether oxygens (including phenoxy) is 2. The summed E-state index contributed by atoms with van der Waals surface area (Å²) in [5.41, 5.74) is 1.01. The van der Waals surface area contributed by atoms with E-state index in [-0.39, 0.29) is 17.7 Å². The zero-order valence-electron chi connectivity index (χ0n) is 21.6. The Morgan fingerprint density at radius 3 is 2.58 bits per heavy atom. The first kappa shape index (κ1) is 27.8. The van der Waals surface area contributed by atoms with Crippen molar-refractivity contribution >= 4 is 17.8 Å². The van der Waals surface area contributed by atoms with Crippen LogP contribution in [0.1, 0.15) is 56.9 Å². The van der Waals surface area contributed by atoms with Crippen LogP contribution in [-0.4, -0.2) is 74.2 Å². The molecule has 2 fully saturated rings. The highest BCUT2D eigenvalue weighted by Gasteiger charge is 2.31. The molecule has 36 heavy (non-hydrogen) atoms. The number of carboxylic acid groups (broad SMARTS) is 1. The van der Waals surface area contributed by atoms with Crippen molar-refractivity contribution < 1.29 is 29.0 Å². The third kappa shape index (κ3) is 8.11. The number of nitrogens with one attached hydrogen (secondary N) is 2. The van der Waals surface area contributed by atoms with E-state index < -0.39 is 12.0 Å². The number of likely N-dealkylation sites (tertiary alicyclic amines) is 1. The van der Waals surface area contributed by atoms with Gasteiger partial charge in [-0.1, -0.05) is 6.07 Å². The van der Waals surface area contributed by atoms with Gasteiger partial charge in [-0.05, 0) is 88.1 Å². The van der Waals surface area contributed by atoms with E-state index in [2.05, 4.69) is 10.6 Å². The number of amides is 2. The van der Waals surface area contributed by atoms with Gasteiger partial charge in [-0.2, -0.15) is 0 Å². The van der Waals surface area contributed by atoms with Gasteiger partial charge in [0.2, 0.25) is 11.8 Å². The molecule has 3 N–H and O–H groups in total. The Morgan fingerprint density at radius 2 is 1.89 bits per heavy atom. The SMILES string of the molecule is COc1ccc(CCC[C@H](NC(=O)[C@@H]2CCCN(C(=O)CCC3CCNCC3)C2)C(=O)O)cc1OC. The zero-order valence-corrected chi connectivity index (χ0v) is 21.6. The molecule has 1 aromatic rings. The second-order valence-electron chi connectivity index (χ2n) is 9.89. The van der Waals surface area contributed by atoms with Crippen molar-refractivity contribution in [3.8, 4) is 11.5 Å². The molecule has 200 valence electrons. The summed E-state index contributed by atoms with van der Waals surface area (Å²) in [5.74, 6) is 0.290. The molecule has 2 heterocycles. The first-order valence-corrected chi connectivity index (χ1v) is 13.1. The Morgan fingerprint density at radius 1 is 1.14 bits per heavy atom. The van der Waals surface area contributed by atoms with Gasteiger partial charge in [0, 0.05) is 19.5 Å². The van der Waals surface area contributed by atoms with Crippen LogP contribution in [0.15, 0.2) is 18.2 Å². The van der Waals surface area contributed by atoms with Gasteiger partial charge in [0.05, 0.1) is 20.1 Å². The van der Waals surface area contributed by atoms with E-state index in [1.165, 1.54) is 0 Å².